The van der Waals surface area contributed by atoms with Gasteiger partial charge in [-0.2, -0.15) is 12.2 Å². The SMILES string of the molecule is Oc1ccccc1.Oc1ccccc1.[C-]1=CC=CC1.[C-]1=CC=CC1.[Ti+2]. The molecular formula is C22H22O2Ti. The maximum atomic E-state index is 8.63. The summed E-state index contributed by atoms with van der Waals surface area (Å²) in [4.78, 5) is 0. The molecule has 2 aliphatic carbocycles. The third kappa shape index (κ3) is 15.0. The molecule has 0 radical (unpaired) electrons. The summed E-state index contributed by atoms with van der Waals surface area (Å²) in [5.41, 5.74) is 0. The van der Waals surface area contributed by atoms with Crippen molar-refractivity contribution >= 4 is 0 Å². The summed E-state index contributed by atoms with van der Waals surface area (Å²) in [6.45, 7) is 0. The van der Waals surface area contributed by atoms with E-state index in [9.17, 15) is 0 Å². The Morgan fingerprint density at radius 1 is 0.600 bits per heavy atom. The van der Waals surface area contributed by atoms with Crippen LogP contribution < -0.4 is 0 Å². The van der Waals surface area contributed by atoms with Crippen molar-refractivity contribution in [2.45, 2.75) is 12.8 Å². The van der Waals surface area contributed by atoms with E-state index < -0.39 is 0 Å². The van der Waals surface area contributed by atoms with Gasteiger partial charge in [0.2, 0.25) is 0 Å². The van der Waals surface area contributed by atoms with Crippen LogP contribution in [0.3, 0.4) is 0 Å². The molecule has 0 fully saturated rings. The summed E-state index contributed by atoms with van der Waals surface area (Å²) in [6.07, 6.45) is 20.0. The summed E-state index contributed by atoms with van der Waals surface area (Å²) in [5.74, 6) is 0.644. The molecule has 0 bridgehead atoms. The average molecular weight is 366 g/mol. The Kier molecular flexibility index (Phi) is 15.1. The quantitative estimate of drug-likeness (QED) is 0.485. The van der Waals surface area contributed by atoms with Gasteiger partial charge in [-0.3, -0.25) is 12.2 Å². The first-order chi connectivity index (χ1) is 11.8. The molecule has 4 rings (SSSR count). The van der Waals surface area contributed by atoms with Gasteiger partial charge in [-0.1, -0.05) is 36.4 Å². The largest absolute Gasteiger partial charge is 2.00 e. The smallest absolute Gasteiger partial charge is 0.508 e. The molecular weight excluding hydrogens is 344 g/mol. The van der Waals surface area contributed by atoms with Gasteiger partial charge in [0, 0.05) is 0 Å². The molecule has 2 aromatic rings. The Bertz CT molecular complexity index is 565. The van der Waals surface area contributed by atoms with Crippen LogP contribution in [0.1, 0.15) is 12.8 Å². The first kappa shape index (κ1) is 22.7. The van der Waals surface area contributed by atoms with E-state index in [1.165, 1.54) is 0 Å². The molecule has 0 unspecified atom stereocenters. The minimum atomic E-state index is 0. The molecule has 0 heterocycles. The summed E-state index contributed by atoms with van der Waals surface area (Å²) in [6, 6.07) is 17.4. The van der Waals surface area contributed by atoms with Crippen LogP contribution in [0.5, 0.6) is 11.5 Å². The Balaban J connectivity index is 0.000000307. The Hall–Kier alpha value is -2.29. The van der Waals surface area contributed by atoms with Crippen molar-refractivity contribution in [3.8, 4) is 11.5 Å². The zero-order valence-corrected chi connectivity index (χ0v) is 15.6. The molecule has 0 spiro atoms. The fourth-order valence-electron chi connectivity index (χ4n) is 1.54. The molecule has 2 aliphatic rings. The van der Waals surface area contributed by atoms with Crippen molar-refractivity contribution in [2.24, 2.45) is 0 Å². The van der Waals surface area contributed by atoms with Crippen LogP contribution in [-0.2, 0) is 21.7 Å². The van der Waals surface area contributed by atoms with Crippen molar-refractivity contribution in [1.29, 1.82) is 0 Å². The van der Waals surface area contributed by atoms with E-state index in [-0.39, 0.29) is 21.7 Å². The molecule has 0 atom stereocenters. The molecule has 2 N–H and O–H groups in total. The topological polar surface area (TPSA) is 40.5 Å². The minimum Gasteiger partial charge on any atom is -0.508 e. The monoisotopic (exact) mass is 366 g/mol. The van der Waals surface area contributed by atoms with Crippen LogP contribution in [0.25, 0.3) is 0 Å². The van der Waals surface area contributed by atoms with Gasteiger partial charge in [0.05, 0.1) is 0 Å². The van der Waals surface area contributed by atoms with Crippen LogP contribution in [0.15, 0.2) is 97.1 Å². The first-order valence-electron chi connectivity index (χ1n) is 7.70. The van der Waals surface area contributed by atoms with Gasteiger partial charge in [0.25, 0.3) is 0 Å². The number of phenolic OH excluding ortho intramolecular Hbond substituents is 2. The number of para-hydroxylation sites is 2. The number of benzene rings is 2. The van der Waals surface area contributed by atoms with E-state index in [2.05, 4.69) is 24.3 Å². The number of aromatic hydroxyl groups is 2. The van der Waals surface area contributed by atoms with Crippen molar-refractivity contribution in [3.05, 3.63) is 109 Å². The second kappa shape index (κ2) is 16.6. The minimum absolute atomic E-state index is 0. The Labute approximate surface area is 165 Å². The third-order valence-electron chi connectivity index (χ3n) is 2.68. The molecule has 25 heavy (non-hydrogen) atoms. The van der Waals surface area contributed by atoms with Crippen LogP contribution in [0.2, 0.25) is 0 Å². The maximum absolute atomic E-state index is 8.63. The van der Waals surface area contributed by atoms with Gasteiger partial charge in [-0.05, 0) is 24.3 Å². The first-order valence-corrected chi connectivity index (χ1v) is 7.70. The van der Waals surface area contributed by atoms with Gasteiger partial charge < -0.3 is 10.2 Å². The number of allylic oxidation sites excluding steroid dienone is 8. The van der Waals surface area contributed by atoms with Crippen molar-refractivity contribution in [3.63, 3.8) is 0 Å². The number of phenols is 2. The van der Waals surface area contributed by atoms with Crippen molar-refractivity contribution in [2.75, 3.05) is 0 Å². The molecule has 3 heteroatoms. The molecule has 2 nitrogen and oxygen atoms in total. The maximum Gasteiger partial charge on any atom is 2.00 e. The second-order valence-electron chi connectivity index (χ2n) is 4.68. The van der Waals surface area contributed by atoms with E-state index in [1.54, 1.807) is 48.5 Å². The van der Waals surface area contributed by atoms with Crippen LogP contribution >= 0.6 is 0 Å². The zero-order chi connectivity index (χ0) is 17.3. The number of hydrogen-bond donors (Lipinski definition) is 2. The summed E-state index contributed by atoms with van der Waals surface area (Å²) in [7, 11) is 0. The van der Waals surface area contributed by atoms with Crippen LogP contribution in [0, 0.1) is 12.2 Å². The van der Waals surface area contributed by atoms with Gasteiger partial charge in [0.15, 0.2) is 0 Å². The van der Waals surface area contributed by atoms with Crippen molar-refractivity contribution in [1.82, 2.24) is 0 Å². The van der Waals surface area contributed by atoms with E-state index >= 15 is 0 Å². The standard InChI is InChI=1S/2C6H6O.2C5H5.Ti/c2*7-6-4-2-1-3-5-6;2*1-2-4-5-3-1;/h2*1-5,7H;2*1-3H,4H2;/q;;2*-1;+2. The predicted molar refractivity (Wildman–Crippen MR) is 99.4 cm³/mol. The third-order valence-corrected chi connectivity index (χ3v) is 2.68. The molecule has 0 saturated heterocycles. The van der Waals surface area contributed by atoms with Gasteiger partial charge in [0.1, 0.15) is 11.5 Å². The second-order valence-corrected chi connectivity index (χ2v) is 4.68. The van der Waals surface area contributed by atoms with E-state index in [0.717, 1.165) is 12.8 Å². The van der Waals surface area contributed by atoms with Gasteiger partial charge in [-0.25, -0.2) is 24.3 Å². The zero-order valence-electron chi connectivity index (χ0n) is 14.0. The van der Waals surface area contributed by atoms with E-state index in [4.69, 9.17) is 10.2 Å². The summed E-state index contributed by atoms with van der Waals surface area (Å²) < 4.78 is 0. The van der Waals surface area contributed by atoms with Crippen LogP contribution in [0.4, 0.5) is 0 Å². The fraction of sp³-hybridized carbons (Fsp3) is 0.0909. The molecule has 0 aromatic heterocycles. The molecule has 0 amide bonds. The van der Waals surface area contributed by atoms with Gasteiger partial charge >= 0.3 is 21.7 Å². The number of rotatable bonds is 0. The van der Waals surface area contributed by atoms with E-state index in [1.807, 2.05) is 36.4 Å². The van der Waals surface area contributed by atoms with Gasteiger partial charge in [-0.15, -0.1) is 12.8 Å². The summed E-state index contributed by atoms with van der Waals surface area (Å²) >= 11 is 0. The Morgan fingerprint density at radius 3 is 1.08 bits per heavy atom. The van der Waals surface area contributed by atoms with Crippen molar-refractivity contribution < 1.29 is 31.9 Å². The predicted octanol–water partition coefficient (Wildman–Crippen LogP) is 5.39. The normalized spacial score (nSPS) is 11.8. The molecule has 0 aliphatic heterocycles. The molecule has 126 valence electrons. The Morgan fingerprint density at radius 2 is 0.960 bits per heavy atom. The average Bonchev–Trinajstić information content (AvgIpc) is 3.36. The molecule has 2 aromatic carbocycles. The number of hydrogen-bond acceptors (Lipinski definition) is 2. The fourth-order valence-corrected chi connectivity index (χ4v) is 1.54. The van der Waals surface area contributed by atoms with E-state index in [0.29, 0.717) is 11.5 Å². The summed E-state index contributed by atoms with van der Waals surface area (Å²) in [5, 5.41) is 17.3. The molecule has 0 saturated carbocycles. The van der Waals surface area contributed by atoms with Crippen LogP contribution in [-0.4, -0.2) is 10.2 Å².